The lowest BCUT2D eigenvalue weighted by Gasteiger charge is -2.03. The molecule has 96 valence electrons. The molecule has 0 unspecified atom stereocenters. The van der Waals surface area contributed by atoms with E-state index >= 15 is 0 Å². The summed E-state index contributed by atoms with van der Waals surface area (Å²) in [5.41, 5.74) is 0.484. The van der Waals surface area contributed by atoms with E-state index in [0.717, 1.165) is 9.48 Å². The van der Waals surface area contributed by atoms with Gasteiger partial charge in [0.15, 0.2) is 5.01 Å². The van der Waals surface area contributed by atoms with Gasteiger partial charge in [-0.15, -0.1) is 10.2 Å². The first kappa shape index (κ1) is 13.6. The first-order valence-corrected chi connectivity index (χ1v) is 7.18. The molecule has 0 amide bonds. The summed E-state index contributed by atoms with van der Waals surface area (Å²) in [6.45, 7) is 4.79. The Morgan fingerprint density at radius 3 is 2.89 bits per heavy atom. The lowest BCUT2D eigenvalue weighted by molar-refractivity contribution is 0.585. The lowest BCUT2D eigenvalue weighted by atomic mass is 10.2. The average Bonchev–Trinajstić information content (AvgIpc) is 2.78. The van der Waals surface area contributed by atoms with Gasteiger partial charge >= 0.3 is 0 Å². The highest BCUT2D eigenvalue weighted by Gasteiger charge is 2.11. The van der Waals surface area contributed by atoms with Crippen LogP contribution in [0.3, 0.4) is 0 Å². The summed E-state index contributed by atoms with van der Waals surface area (Å²) in [5, 5.41) is 12.8. The van der Waals surface area contributed by atoms with Gasteiger partial charge in [0, 0.05) is 22.6 Å². The van der Waals surface area contributed by atoms with Crippen molar-refractivity contribution in [2.24, 2.45) is 0 Å². The van der Waals surface area contributed by atoms with Crippen molar-refractivity contribution in [1.82, 2.24) is 15.5 Å². The summed E-state index contributed by atoms with van der Waals surface area (Å²) in [5.74, 6) is -0.280. The maximum Gasteiger partial charge on any atom is 0.150 e. The molecule has 6 heteroatoms. The van der Waals surface area contributed by atoms with E-state index in [1.807, 2.05) is 0 Å². The Bertz CT molecular complexity index is 542. The first-order chi connectivity index (χ1) is 8.56. The molecular weight excluding hydrogens is 317 g/mol. The Hall–Kier alpha value is -0.850. The highest BCUT2D eigenvalue weighted by Crippen LogP contribution is 2.28. The molecule has 0 aliphatic carbocycles. The van der Waals surface area contributed by atoms with Gasteiger partial charge in [-0.25, -0.2) is 4.39 Å². The molecule has 0 bridgehead atoms. The fraction of sp³-hybridized carbons (Fsp3) is 0.333. The Kier molecular flexibility index (Phi) is 4.42. The third-order valence-electron chi connectivity index (χ3n) is 2.29. The van der Waals surface area contributed by atoms with Gasteiger partial charge in [-0.1, -0.05) is 41.1 Å². The maximum absolute atomic E-state index is 13.7. The third kappa shape index (κ3) is 3.34. The van der Waals surface area contributed by atoms with Crippen LogP contribution < -0.4 is 5.32 Å². The molecule has 0 fully saturated rings. The van der Waals surface area contributed by atoms with Crippen molar-refractivity contribution < 1.29 is 4.39 Å². The molecule has 0 aliphatic heterocycles. The van der Waals surface area contributed by atoms with E-state index in [4.69, 9.17) is 0 Å². The largest absolute Gasteiger partial charge is 0.308 e. The Morgan fingerprint density at radius 1 is 1.39 bits per heavy atom. The Morgan fingerprint density at radius 2 is 2.17 bits per heavy atom. The van der Waals surface area contributed by atoms with E-state index in [2.05, 4.69) is 45.3 Å². The zero-order valence-electron chi connectivity index (χ0n) is 10.1. The van der Waals surface area contributed by atoms with E-state index in [1.165, 1.54) is 17.4 Å². The van der Waals surface area contributed by atoms with E-state index in [0.29, 0.717) is 23.2 Å². The van der Waals surface area contributed by atoms with Gasteiger partial charge in [-0.2, -0.15) is 0 Å². The first-order valence-electron chi connectivity index (χ1n) is 5.57. The van der Waals surface area contributed by atoms with E-state index in [-0.39, 0.29) is 5.82 Å². The van der Waals surface area contributed by atoms with Gasteiger partial charge < -0.3 is 5.32 Å². The second-order valence-corrected chi connectivity index (χ2v) is 6.14. The summed E-state index contributed by atoms with van der Waals surface area (Å²) >= 11 is 4.73. The summed E-state index contributed by atoms with van der Waals surface area (Å²) in [6.07, 6.45) is 0. The molecule has 1 aromatic carbocycles. The monoisotopic (exact) mass is 329 g/mol. The summed E-state index contributed by atoms with van der Waals surface area (Å²) in [4.78, 5) is 0. The number of benzene rings is 1. The van der Waals surface area contributed by atoms with Crippen LogP contribution in [0.15, 0.2) is 22.7 Å². The molecule has 0 atom stereocenters. The van der Waals surface area contributed by atoms with Crippen molar-refractivity contribution in [3.63, 3.8) is 0 Å². The zero-order chi connectivity index (χ0) is 13.1. The van der Waals surface area contributed by atoms with E-state index < -0.39 is 0 Å². The predicted molar refractivity (Wildman–Crippen MR) is 75.0 cm³/mol. The van der Waals surface area contributed by atoms with Crippen molar-refractivity contribution in [2.75, 3.05) is 0 Å². The number of rotatable bonds is 4. The summed E-state index contributed by atoms with van der Waals surface area (Å²) in [6, 6.07) is 5.20. The van der Waals surface area contributed by atoms with Crippen LogP contribution in [0.5, 0.6) is 0 Å². The van der Waals surface area contributed by atoms with Gasteiger partial charge in [-0.3, -0.25) is 0 Å². The molecule has 0 radical (unpaired) electrons. The molecule has 1 N–H and O–H groups in total. The van der Waals surface area contributed by atoms with Crippen molar-refractivity contribution in [2.45, 2.75) is 26.4 Å². The van der Waals surface area contributed by atoms with Gasteiger partial charge in [0.2, 0.25) is 0 Å². The van der Waals surface area contributed by atoms with Crippen molar-refractivity contribution in [3.8, 4) is 10.6 Å². The molecular formula is C12H13BrFN3S. The molecule has 0 saturated carbocycles. The van der Waals surface area contributed by atoms with Gasteiger partial charge in [-0.05, 0) is 18.2 Å². The second kappa shape index (κ2) is 5.86. The molecule has 2 aromatic rings. The van der Waals surface area contributed by atoms with Crippen molar-refractivity contribution >= 4 is 27.3 Å². The minimum absolute atomic E-state index is 0.280. The number of aromatic nitrogens is 2. The second-order valence-electron chi connectivity index (χ2n) is 4.16. The lowest BCUT2D eigenvalue weighted by Crippen LogP contribution is -2.21. The summed E-state index contributed by atoms with van der Waals surface area (Å²) < 4.78 is 14.5. The summed E-state index contributed by atoms with van der Waals surface area (Å²) in [7, 11) is 0. The smallest absolute Gasteiger partial charge is 0.150 e. The van der Waals surface area contributed by atoms with Crippen LogP contribution in [0.4, 0.5) is 4.39 Å². The number of hydrogen-bond donors (Lipinski definition) is 1. The van der Waals surface area contributed by atoms with Crippen LogP contribution in [0, 0.1) is 5.82 Å². The van der Waals surface area contributed by atoms with Gasteiger partial charge in [0.1, 0.15) is 10.8 Å². The van der Waals surface area contributed by atoms with Crippen molar-refractivity contribution in [1.29, 1.82) is 0 Å². The molecule has 0 spiro atoms. The van der Waals surface area contributed by atoms with Crippen LogP contribution >= 0.6 is 27.3 Å². The van der Waals surface area contributed by atoms with Crippen LogP contribution in [0.1, 0.15) is 18.9 Å². The molecule has 3 nitrogen and oxygen atoms in total. The predicted octanol–water partition coefficient (Wildman–Crippen LogP) is 3.60. The SMILES string of the molecule is CC(C)NCc1nnc(-c2cc(Br)ccc2F)s1. The molecule has 18 heavy (non-hydrogen) atoms. The quantitative estimate of drug-likeness (QED) is 0.931. The fourth-order valence-electron chi connectivity index (χ4n) is 1.39. The highest BCUT2D eigenvalue weighted by atomic mass is 79.9. The molecule has 1 heterocycles. The Labute approximate surface area is 118 Å². The Balaban J connectivity index is 2.21. The van der Waals surface area contributed by atoms with E-state index in [9.17, 15) is 4.39 Å². The molecule has 1 aromatic heterocycles. The van der Waals surface area contributed by atoms with Crippen LogP contribution in [-0.2, 0) is 6.54 Å². The number of hydrogen-bond acceptors (Lipinski definition) is 4. The van der Waals surface area contributed by atoms with E-state index in [1.54, 1.807) is 12.1 Å². The maximum atomic E-state index is 13.7. The topological polar surface area (TPSA) is 37.8 Å². The standard InChI is InChI=1S/C12H13BrFN3S/c1-7(2)15-6-11-16-17-12(18-11)9-5-8(13)3-4-10(9)14/h3-5,7,15H,6H2,1-2H3. The average molecular weight is 330 g/mol. The van der Waals surface area contributed by atoms with Crippen LogP contribution in [-0.4, -0.2) is 16.2 Å². The van der Waals surface area contributed by atoms with Gasteiger partial charge in [0.05, 0.1) is 0 Å². The zero-order valence-corrected chi connectivity index (χ0v) is 12.5. The number of halogens is 2. The van der Waals surface area contributed by atoms with Gasteiger partial charge in [0.25, 0.3) is 0 Å². The minimum atomic E-state index is -0.280. The minimum Gasteiger partial charge on any atom is -0.308 e. The molecule has 0 saturated heterocycles. The molecule has 0 aliphatic rings. The number of nitrogens with one attached hydrogen (secondary N) is 1. The van der Waals surface area contributed by atoms with Crippen LogP contribution in [0.25, 0.3) is 10.6 Å². The third-order valence-corrected chi connectivity index (χ3v) is 3.74. The normalized spacial score (nSPS) is 11.2. The van der Waals surface area contributed by atoms with Crippen LogP contribution in [0.2, 0.25) is 0 Å². The molecule has 2 rings (SSSR count). The van der Waals surface area contributed by atoms with Crippen molar-refractivity contribution in [3.05, 3.63) is 33.5 Å². The highest BCUT2D eigenvalue weighted by molar-refractivity contribution is 9.10. The number of nitrogens with zero attached hydrogens (tertiary/aromatic N) is 2. The fourth-order valence-corrected chi connectivity index (χ4v) is 2.56.